The molecule has 0 spiro atoms. The van der Waals surface area contributed by atoms with Gasteiger partial charge in [0.15, 0.2) is 0 Å². The zero-order valence-corrected chi connectivity index (χ0v) is 9.58. The molecule has 0 aliphatic rings. The molecule has 0 saturated heterocycles. The summed E-state index contributed by atoms with van der Waals surface area (Å²) in [4.78, 5) is 10.5. The number of rotatable bonds is 3. The van der Waals surface area contributed by atoms with Crippen LogP contribution in [0.25, 0.3) is 12.2 Å². The Kier molecular flexibility index (Phi) is 3.44. The first-order chi connectivity index (χ1) is 8.67. The number of hydrogen-bond acceptors (Lipinski definition) is 3. The molecule has 90 valence electrons. The van der Waals surface area contributed by atoms with Crippen molar-refractivity contribution in [3.8, 4) is 11.5 Å². The lowest BCUT2D eigenvalue weighted by atomic mass is 10.1. The molecule has 0 aliphatic heterocycles. The topological polar surface area (TPSA) is 57.5 Å². The van der Waals surface area contributed by atoms with Crippen LogP contribution in [0.2, 0.25) is 0 Å². The highest BCUT2D eigenvalue weighted by molar-refractivity contribution is 5.77. The van der Waals surface area contributed by atoms with Gasteiger partial charge in [-0.3, -0.25) is 4.79 Å². The molecule has 2 aromatic carbocycles. The first-order valence-corrected chi connectivity index (χ1v) is 5.44. The Morgan fingerprint density at radius 2 is 1.22 bits per heavy atom. The summed E-state index contributed by atoms with van der Waals surface area (Å²) in [6.45, 7) is 0. The molecule has 0 saturated carbocycles. The summed E-state index contributed by atoms with van der Waals surface area (Å²) in [5.74, 6) is 0.0388. The summed E-state index contributed by atoms with van der Waals surface area (Å²) >= 11 is 0. The van der Waals surface area contributed by atoms with Crippen LogP contribution in [0.1, 0.15) is 21.5 Å². The van der Waals surface area contributed by atoms with Gasteiger partial charge in [0.1, 0.15) is 17.8 Å². The summed E-state index contributed by atoms with van der Waals surface area (Å²) in [7, 11) is 0. The van der Waals surface area contributed by atoms with Crippen molar-refractivity contribution in [1.29, 1.82) is 0 Å². The number of phenolic OH excluding ortho intramolecular Hbond substituents is 2. The van der Waals surface area contributed by atoms with Crippen molar-refractivity contribution in [3.05, 3.63) is 59.2 Å². The summed E-state index contributed by atoms with van der Waals surface area (Å²) in [5.41, 5.74) is 2.26. The lowest BCUT2D eigenvalue weighted by Crippen LogP contribution is -1.79. The smallest absolute Gasteiger partial charge is 0.150 e. The minimum atomic E-state index is 0.0194. The van der Waals surface area contributed by atoms with E-state index in [4.69, 9.17) is 0 Å². The first-order valence-electron chi connectivity index (χ1n) is 5.44. The molecule has 0 aromatic heterocycles. The molecule has 3 nitrogen and oxygen atoms in total. The Balaban J connectivity index is 2.21. The third-order valence-corrected chi connectivity index (χ3v) is 2.47. The van der Waals surface area contributed by atoms with Crippen molar-refractivity contribution < 1.29 is 15.0 Å². The molecule has 0 unspecified atom stereocenters. The molecule has 18 heavy (non-hydrogen) atoms. The maximum atomic E-state index is 10.5. The molecule has 0 heterocycles. The molecular formula is C15H12O3. The maximum Gasteiger partial charge on any atom is 0.150 e. The third-order valence-electron chi connectivity index (χ3n) is 2.47. The number of carbonyl (C=O) groups excluding carboxylic acids is 1. The zero-order chi connectivity index (χ0) is 13.0. The van der Waals surface area contributed by atoms with Gasteiger partial charge in [0.2, 0.25) is 0 Å². The van der Waals surface area contributed by atoms with E-state index < -0.39 is 0 Å². The van der Waals surface area contributed by atoms with E-state index in [0.29, 0.717) is 11.1 Å². The zero-order valence-electron chi connectivity index (χ0n) is 9.58. The lowest BCUT2D eigenvalue weighted by Gasteiger charge is -1.98. The van der Waals surface area contributed by atoms with Crippen molar-refractivity contribution in [3.63, 3.8) is 0 Å². The highest BCUT2D eigenvalue weighted by atomic mass is 16.3. The fraction of sp³-hybridized carbons (Fsp3) is 0. The van der Waals surface area contributed by atoms with Gasteiger partial charge >= 0.3 is 0 Å². The Morgan fingerprint density at radius 1 is 0.722 bits per heavy atom. The van der Waals surface area contributed by atoms with Gasteiger partial charge in [-0.2, -0.15) is 0 Å². The summed E-state index contributed by atoms with van der Waals surface area (Å²) in [6, 6.07) is 11.5. The van der Waals surface area contributed by atoms with E-state index in [1.54, 1.807) is 30.3 Å². The third kappa shape index (κ3) is 2.98. The predicted octanol–water partition coefficient (Wildman–Crippen LogP) is 3.08. The number of aldehydes is 1. The van der Waals surface area contributed by atoms with E-state index in [2.05, 4.69) is 0 Å². The molecule has 2 rings (SSSR count). The number of phenols is 2. The van der Waals surface area contributed by atoms with Crippen molar-refractivity contribution in [2.45, 2.75) is 0 Å². The fourth-order valence-electron chi connectivity index (χ4n) is 1.59. The Hall–Kier alpha value is -2.55. The number of carbonyl (C=O) groups is 1. The molecule has 0 atom stereocenters. The van der Waals surface area contributed by atoms with Crippen LogP contribution < -0.4 is 0 Å². The number of benzene rings is 2. The van der Waals surface area contributed by atoms with Crippen LogP contribution in [-0.2, 0) is 0 Å². The highest BCUT2D eigenvalue weighted by Crippen LogP contribution is 2.21. The average molecular weight is 240 g/mol. The van der Waals surface area contributed by atoms with Crippen LogP contribution in [0, 0.1) is 0 Å². The van der Waals surface area contributed by atoms with E-state index in [1.807, 2.05) is 18.2 Å². The lowest BCUT2D eigenvalue weighted by molar-refractivity contribution is 0.112. The Bertz CT molecular complexity index is 563. The monoisotopic (exact) mass is 240 g/mol. The molecule has 0 radical (unpaired) electrons. The molecule has 2 aromatic rings. The van der Waals surface area contributed by atoms with Gasteiger partial charge in [-0.25, -0.2) is 0 Å². The molecular weight excluding hydrogens is 228 g/mol. The van der Waals surface area contributed by atoms with E-state index in [0.717, 1.165) is 11.8 Å². The predicted molar refractivity (Wildman–Crippen MR) is 70.5 cm³/mol. The van der Waals surface area contributed by atoms with E-state index in [9.17, 15) is 15.0 Å². The van der Waals surface area contributed by atoms with Gasteiger partial charge in [0.05, 0.1) is 0 Å². The van der Waals surface area contributed by atoms with Gasteiger partial charge < -0.3 is 10.2 Å². The first kappa shape index (κ1) is 11.9. The minimum Gasteiger partial charge on any atom is -0.508 e. The van der Waals surface area contributed by atoms with Crippen LogP contribution in [0.3, 0.4) is 0 Å². The second-order valence-electron chi connectivity index (χ2n) is 3.90. The van der Waals surface area contributed by atoms with Gasteiger partial charge in [0.25, 0.3) is 0 Å². The molecule has 0 aliphatic carbocycles. The fourth-order valence-corrected chi connectivity index (χ4v) is 1.59. The van der Waals surface area contributed by atoms with Gasteiger partial charge in [-0.05, 0) is 23.3 Å². The Labute approximate surface area is 105 Å². The standard InChI is InChI=1S/C15H12O3/c16-10-12-4-1-11(2-5-12)3-6-13-7-14(17)9-15(18)8-13/h1-10,17-18H/b6-3+. The number of aromatic hydroxyl groups is 2. The van der Waals surface area contributed by atoms with Gasteiger partial charge in [0, 0.05) is 11.6 Å². The summed E-state index contributed by atoms with van der Waals surface area (Å²) in [5, 5.41) is 18.7. The van der Waals surface area contributed by atoms with Gasteiger partial charge in [-0.1, -0.05) is 36.4 Å². The van der Waals surface area contributed by atoms with Crippen LogP contribution in [-0.4, -0.2) is 16.5 Å². The molecule has 2 N–H and O–H groups in total. The number of hydrogen-bond donors (Lipinski definition) is 2. The highest BCUT2D eigenvalue weighted by Gasteiger charge is 1.96. The van der Waals surface area contributed by atoms with Crippen molar-refractivity contribution >= 4 is 18.4 Å². The second kappa shape index (κ2) is 5.19. The maximum absolute atomic E-state index is 10.5. The average Bonchev–Trinajstić information content (AvgIpc) is 2.36. The Morgan fingerprint density at radius 3 is 1.78 bits per heavy atom. The largest absolute Gasteiger partial charge is 0.508 e. The van der Waals surface area contributed by atoms with E-state index >= 15 is 0 Å². The van der Waals surface area contributed by atoms with Crippen molar-refractivity contribution in [2.75, 3.05) is 0 Å². The van der Waals surface area contributed by atoms with E-state index in [-0.39, 0.29) is 11.5 Å². The van der Waals surface area contributed by atoms with Crippen LogP contribution >= 0.6 is 0 Å². The van der Waals surface area contributed by atoms with Crippen LogP contribution in [0.5, 0.6) is 11.5 Å². The molecule has 0 amide bonds. The minimum absolute atomic E-state index is 0.0194. The molecule has 0 fully saturated rings. The molecule has 0 bridgehead atoms. The van der Waals surface area contributed by atoms with Crippen LogP contribution in [0.15, 0.2) is 42.5 Å². The summed E-state index contributed by atoms with van der Waals surface area (Å²) < 4.78 is 0. The quantitative estimate of drug-likeness (QED) is 0.640. The molecule has 3 heteroatoms. The van der Waals surface area contributed by atoms with Gasteiger partial charge in [-0.15, -0.1) is 0 Å². The summed E-state index contributed by atoms with van der Waals surface area (Å²) in [6.07, 6.45) is 4.40. The van der Waals surface area contributed by atoms with Crippen molar-refractivity contribution in [2.24, 2.45) is 0 Å². The van der Waals surface area contributed by atoms with Crippen molar-refractivity contribution in [1.82, 2.24) is 0 Å². The van der Waals surface area contributed by atoms with E-state index in [1.165, 1.54) is 6.07 Å². The van der Waals surface area contributed by atoms with Crippen LogP contribution in [0.4, 0.5) is 0 Å². The normalized spacial score (nSPS) is 10.7. The second-order valence-corrected chi connectivity index (χ2v) is 3.90. The SMILES string of the molecule is O=Cc1ccc(/C=C/c2cc(O)cc(O)c2)cc1.